The van der Waals surface area contributed by atoms with Crippen LogP contribution in [0.25, 0.3) is 0 Å². The Morgan fingerprint density at radius 3 is 1.77 bits per heavy atom. The second-order valence-electron chi connectivity index (χ2n) is 4.83. The number of Topliss-reactive ketones (excluding diaryl/α,β-unsaturated/α-hetero) is 1. The summed E-state index contributed by atoms with van der Waals surface area (Å²) >= 11 is 0. The molecule has 78 valence electrons. The summed E-state index contributed by atoms with van der Waals surface area (Å²) in [6, 6.07) is 0. The summed E-state index contributed by atoms with van der Waals surface area (Å²) in [7, 11) is 0. The Bertz CT molecular complexity index is 194. The minimum absolute atomic E-state index is 0. The van der Waals surface area contributed by atoms with Gasteiger partial charge in [0, 0.05) is 23.9 Å². The minimum atomic E-state index is -0.418. The number of carbonyl (C=O) groups is 1. The van der Waals surface area contributed by atoms with Crippen molar-refractivity contribution in [2.24, 2.45) is 0 Å². The lowest BCUT2D eigenvalue weighted by molar-refractivity contribution is -0.236. The van der Waals surface area contributed by atoms with Gasteiger partial charge in [-0.3, -0.25) is 4.79 Å². The van der Waals surface area contributed by atoms with Crippen molar-refractivity contribution in [3.63, 3.8) is 0 Å². The molecular weight excluding hydrogens is 190 g/mol. The van der Waals surface area contributed by atoms with Gasteiger partial charge in [0.15, 0.2) is 0 Å². The highest BCUT2D eigenvalue weighted by molar-refractivity contribution is 5.85. The first-order chi connectivity index (χ1) is 5.26. The zero-order chi connectivity index (χ0) is 9.57. The van der Waals surface area contributed by atoms with Crippen molar-refractivity contribution < 1.29 is 10.0 Å². The van der Waals surface area contributed by atoms with E-state index in [1.807, 2.05) is 27.7 Å². The second-order valence-corrected chi connectivity index (χ2v) is 4.83. The molecule has 0 spiro atoms. The van der Waals surface area contributed by atoms with Crippen molar-refractivity contribution in [3.05, 3.63) is 0 Å². The lowest BCUT2D eigenvalue weighted by Gasteiger charge is -2.47. The molecule has 0 aromatic carbocycles. The monoisotopic (exact) mass is 207 g/mol. The number of hydroxylamine groups is 2. The van der Waals surface area contributed by atoms with E-state index in [1.165, 1.54) is 5.06 Å². The first-order valence-electron chi connectivity index (χ1n) is 4.27. The second kappa shape index (κ2) is 3.56. The number of carbonyl (C=O) groups excluding carboxylic acids is 1. The van der Waals surface area contributed by atoms with Crippen molar-refractivity contribution >= 4 is 18.2 Å². The highest BCUT2D eigenvalue weighted by Gasteiger charge is 2.44. The molecule has 1 fully saturated rings. The average Bonchev–Trinajstić information content (AvgIpc) is 1.80. The number of nitrogens with zero attached hydrogens (tertiary/aromatic N) is 1. The summed E-state index contributed by atoms with van der Waals surface area (Å²) in [4.78, 5) is 11.3. The molecule has 1 aliphatic heterocycles. The summed E-state index contributed by atoms with van der Waals surface area (Å²) in [6.07, 6.45) is 0.875. The Labute approximate surface area is 85.5 Å². The van der Waals surface area contributed by atoms with Crippen LogP contribution in [0.15, 0.2) is 0 Å². The molecule has 1 aliphatic rings. The van der Waals surface area contributed by atoms with Crippen molar-refractivity contribution in [1.29, 1.82) is 0 Å². The van der Waals surface area contributed by atoms with E-state index in [-0.39, 0.29) is 18.2 Å². The van der Waals surface area contributed by atoms with Crippen LogP contribution in [0.1, 0.15) is 40.5 Å². The molecule has 0 aromatic rings. The molecular formula is C9H18ClNO2. The molecule has 0 aliphatic carbocycles. The largest absolute Gasteiger partial charge is 0.313 e. The van der Waals surface area contributed by atoms with Crippen LogP contribution in [0.4, 0.5) is 0 Å². The zero-order valence-corrected chi connectivity index (χ0v) is 9.44. The van der Waals surface area contributed by atoms with E-state index in [1.54, 1.807) is 0 Å². The van der Waals surface area contributed by atoms with E-state index < -0.39 is 11.1 Å². The zero-order valence-electron chi connectivity index (χ0n) is 8.63. The Morgan fingerprint density at radius 2 is 1.46 bits per heavy atom. The van der Waals surface area contributed by atoms with Crippen LogP contribution < -0.4 is 0 Å². The van der Waals surface area contributed by atoms with Crippen LogP contribution in [0, 0.1) is 0 Å². The van der Waals surface area contributed by atoms with E-state index in [9.17, 15) is 10.0 Å². The Balaban J connectivity index is 0.00000144. The first-order valence-corrected chi connectivity index (χ1v) is 4.27. The fraction of sp³-hybridized carbons (Fsp3) is 0.889. The van der Waals surface area contributed by atoms with Gasteiger partial charge in [0.1, 0.15) is 5.78 Å². The maximum Gasteiger partial charge on any atom is 0.136 e. The predicted octanol–water partition coefficient (Wildman–Crippen LogP) is 2.02. The molecule has 1 N–H and O–H groups in total. The molecule has 13 heavy (non-hydrogen) atoms. The van der Waals surface area contributed by atoms with Crippen LogP contribution in [0.5, 0.6) is 0 Å². The first kappa shape index (κ1) is 12.9. The molecule has 4 heteroatoms. The fourth-order valence-electron chi connectivity index (χ4n) is 2.00. The number of hydrogen-bond donors (Lipinski definition) is 1. The average molecular weight is 208 g/mol. The summed E-state index contributed by atoms with van der Waals surface area (Å²) in [5.41, 5.74) is -0.836. The molecule has 0 atom stereocenters. The van der Waals surface area contributed by atoms with E-state index in [0.29, 0.717) is 12.8 Å². The van der Waals surface area contributed by atoms with Crippen LogP contribution >= 0.6 is 12.4 Å². The Kier molecular flexibility index (Phi) is 3.53. The van der Waals surface area contributed by atoms with Gasteiger partial charge in [0.25, 0.3) is 0 Å². The van der Waals surface area contributed by atoms with Crippen LogP contribution in [0.2, 0.25) is 0 Å². The molecule has 0 aromatic heterocycles. The third kappa shape index (κ3) is 2.42. The molecule has 3 nitrogen and oxygen atoms in total. The van der Waals surface area contributed by atoms with E-state index in [2.05, 4.69) is 0 Å². The summed E-state index contributed by atoms with van der Waals surface area (Å²) in [5, 5.41) is 11.1. The quantitative estimate of drug-likeness (QED) is 0.661. The molecule has 0 amide bonds. The molecule has 0 radical (unpaired) electrons. The van der Waals surface area contributed by atoms with Crippen molar-refractivity contribution in [1.82, 2.24) is 5.06 Å². The van der Waals surface area contributed by atoms with Crippen LogP contribution in [-0.2, 0) is 4.79 Å². The number of rotatable bonds is 0. The predicted molar refractivity (Wildman–Crippen MR) is 53.3 cm³/mol. The number of piperidine rings is 1. The van der Waals surface area contributed by atoms with Gasteiger partial charge < -0.3 is 5.21 Å². The third-order valence-corrected chi connectivity index (χ3v) is 2.41. The Hall–Kier alpha value is -0.120. The highest BCUT2D eigenvalue weighted by atomic mass is 35.5. The summed E-state index contributed by atoms with van der Waals surface area (Å²) < 4.78 is 0. The van der Waals surface area contributed by atoms with Gasteiger partial charge in [-0.15, -0.1) is 12.4 Å². The van der Waals surface area contributed by atoms with Crippen molar-refractivity contribution in [3.8, 4) is 0 Å². The standard InChI is InChI=1S/C9H17NO2.ClH/c1-8(2)5-7(11)6-9(3,4)10(8)12;/h12H,5-6H2,1-4H3;1H. The third-order valence-electron chi connectivity index (χ3n) is 2.41. The van der Waals surface area contributed by atoms with Crippen molar-refractivity contribution in [2.75, 3.05) is 0 Å². The van der Waals surface area contributed by atoms with Crippen LogP contribution in [-0.4, -0.2) is 27.1 Å². The molecule has 1 heterocycles. The van der Waals surface area contributed by atoms with Gasteiger partial charge in [-0.1, -0.05) is 0 Å². The van der Waals surface area contributed by atoms with Gasteiger partial charge in [-0.2, -0.15) is 5.06 Å². The smallest absolute Gasteiger partial charge is 0.136 e. The van der Waals surface area contributed by atoms with E-state index in [0.717, 1.165) is 0 Å². The van der Waals surface area contributed by atoms with Gasteiger partial charge in [0.05, 0.1) is 0 Å². The normalized spacial score (nSPS) is 26.7. The van der Waals surface area contributed by atoms with Gasteiger partial charge in [0.2, 0.25) is 0 Å². The lowest BCUT2D eigenvalue weighted by Crippen LogP contribution is -2.59. The molecule has 1 saturated heterocycles. The Morgan fingerprint density at radius 1 is 1.15 bits per heavy atom. The van der Waals surface area contributed by atoms with Gasteiger partial charge in [-0.05, 0) is 27.7 Å². The van der Waals surface area contributed by atoms with E-state index >= 15 is 0 Å². The van der Waals surface area contributed by atoms with Crippen molar-refractivity contribution in [2.45, 2.75) is 51.6 Å². The molecule has 1 rings (SSSR count). The number of halogens is 1. The molecule has 0 unspecified atom stereocenters. The molecule has 0 saturated carbocycles. The van der Waals surface area contributed by atoms with E-state index in [4.69, 9.17) is 0 Å². The summed E-state index contributed by atoms with van der Waals surface area (Å²) in [5.74, 6) is 0.232. The fourth-order valence-corrected chi connectivity index (χ4v) is 2.00. The maximum atomic E-state index is 11.3. The SMILES string of the molecule is CC1(C)CC(=O)CC(C)(C)N1O.Cl. The topological polar surface area (TPSA) is 40.5 Å². The van der Waals surface area contributed by atoms with Gasteiger partial charge >= 0.3 is 0 Å². The highest BCUT2D eigenvalue weighted by Crippen LogP contribution is 2.34. The lowest BCUT2D eigenvalue weighted by atomic mass is 9.81. The van der Waals surface area contributed by atoms with Gasteiger partial charge in [-0.25, -0.2) is 0 Å². The maximum absolute atomic E-state index is 11.3. The minimum Gasteiger partial charge on any atom is -0.313 e. The number of ketones is 1. The molecule has 0 bridgehead atoms. The van der Waals surface area contributed by atoms with Crippen LogP contribution in [0.3, 0.4) is 0 Å². The number of hydrogen-bond acceptors (Lipinski definition) is 3. The summed E-state index contributed by atoms with van der Waals surface area (Å²) in [6.45, 7) is 7.52.